The molecule has 1 N–H and O–H groups in total. The van der Waals surface area contributed by atoms with Crippen LogP contribution >= 0.6 is 15.9 Å². The Kier molecular flexibility index (Phi) is 6.85. The van der Waals surface area contributed by atoms with Crippen molar-refractivity contribution < 1.29 is 9.53 Å². The van der Waals surface area contributed by atoms with Crippen LogP contribution in [0.4, 0.5) is 5.69 Å². The van der Waals surface area contributed by atoms with Crippen LogP contribution in [0.25, 0.3) is 0 Å². The van der Waals surface area contributed by atoms with Gasteiger partial charge in [0.05, 0.1) is 4.47 Å². The second-order valence-electron chi connectivity index (χ2n) is 6.09. The van der Waals surface area contributed by atoms with E-state index in [1.807, 2.05) is 42.5 Å². The Hall–Kier alpha value is -1.81. The highest BCUT2D eigenvalue weighted by atomic mass is 79.9. The fraction of sp³-hybridized carbons (Fsp3) is 0.350. The van der Waals surface area contributed by atoms with Crippen molar-refractivity contribution in [3.8, 4) is 5.75 Å². The maximum absolute atomic E-state index is 12.2. The van der Waals surface area contributed by atoms with Crippen molar-refractivity contribution in [2.75, 3.05) is 11.9 Å². The van der Waals surface area contributed by atoms with E-state index in [4.69, 9.17) is 4.74 Å². The van der Waals surface area contributed by atoms with Crippen LogP contribution < -0.4 is 10.1 Å². The van der Waals surface area contributed by atoms with E-state index in [0.29, 0.717) is 11.7 Å². The molecule has 1 amide bonds. The molecule has 0 aliphatic carbocycles. The summed E-state index contributed by atoms with van der Waals surface area (Å²) in [7, 11) is 0. The van der Waals surface area contributed by atoms with Crippen molar-refractivity contribution in [2.45, 2.75) is 39.5 Å². The topological polar surface area (TPSA) is 38.3 Å². The fourth-order valence-corrected chi connectivity index (χ4v) is 3.09. The molecule has 2 aromatic carbocycles. The van der Waals surface area contributed by atoms with Crippen LogP contribution in [0.3, 0.4) is 0 Å². The minimum atomic E-state index is -0.160. The largest absolute Gasteiger partial charge is 0.483 e. The molecule has 0 unspecified atom stereocenters. The number of carbonyl (C=O) groups is 1. The van der Waals surface area contributed by atoms with E-state index in [1.165, 1.54) is 5.56 Å². The van der Waals surface area contributed by atoms with Gasteiger partial charge in [0.25, 0.3) is 5.91 Å². The van der Waals surface area contributed by atoms with Crippen LogP contribution in [0.15, 0.2) is 46.9 Å². The van der Waals surface area contributed by atoms with Gasteiger partial charge in [-0.2, -0.15) is 0 Å². The third kappa shape index (κ3) is 5.10. The Labute approximate surface area is 152 Å². The lowest BCUT2D eigenvalue weighted by Crippen LogP contribution is -2.21. The average Bonchev–Trinajstić information content (AvgIpc) is 2.54. The van der Waals surface area contributed by atoms with E-state index >= 15 is 0 Å². The SMILES string of the molecule is CCCc1ccc(OCC(=O)Nc2ccccc2C(C)C)c(Br)c1. The molecule has 0 spiro atoms. The number of ether oxygens (including phenoxy) is 1. The van der Waals surface area contributed by atoms with Gasteiger partial charge in [0.1, 0.15) is 5.75 Å². The normalized spacial score (nSPS) is 10.7. The summed E-state index contributed by atoms with van der Waals surface area (Å²) < 4.78 is 6.52. The van der Waals surface area contributed by atoms with Crippen molar-refractivity contribution in [1.29, 1.82) is 0 Å². The number of para-hydroxylation sites is 1. The number of halogens is 1. The van der Waals surface area contributed by atoms with Gasteiger partial charge in [0.15, 0.2) is 6.61 Å². The molecule has 128 valence electrons. The van der Waals surface area contributed by atoms with Gasteiger partial charge in [0, 0.05) is 5.69 Å². The van der Waals surface area contributed by atoms with Crippen molar-refractivity contribution >= 4 is 27.5 Å². The zero-order valence-corrected chi connectivity index (χ0v) is 16.0. The van der Waals surface area contributed by atoms with E-state index in [0.717, 1.165) is 28.6 Å². The molecule has 0 heterocycles. The van der Waals surface area contributed by atoms with Gasteiger partial charge in [-0.15, -0.1) is 0 Å². The van der Waals surface area contributed by atoms with Crippen molar-refractivity contribution in [1.82, 2.24) is 0 Å². The number of anilines is 1. The van der Waals surface area contributed by atoms with Gasteiger partial charge in [-0.3, -0.25) is 4.79 Å². The summed E-state index contributed by atoms with van der Waals surface area (Å²) in [6, 6.07) is 13.8. The Morgan fingerprint density at radius 3 is 2.62 bits per heavy atom. The summed E-state index contributed by atoms with van der Waals surface area (Å²) in [6.07, 6.45) is 2.13. The first-order chi connectivity index (χ1) is 11.5. The van der Waals surface area contributed by atoms with Crippen LogP contribution in [0.1, 0.15) is 44.2 Å². The van der Waals surface area contributed by atoms with Gasteiger partial charge >= 0.3 is 0 Å². The molecule has 0 bridgehead atoms. The molecular weight excluding hydrogens is 366 g/mol. The summed E-state index contributed by atoms with van der Waals surface area (Å²) in [4.78, 5) is 12.2. The van der Waals surface area contributed by atoms with Crippen molar-refractivity contribution in [2.24, 2.45) is 0 Å². The minimum Gasteiger partial charge on any atom is -0.483 e. The fourth-order valence-electron chi connectivity index (χ4n) is 2.55. The second-order valence-corrected chi connectivity index (χ2v) is 6.95. The quantitative estimate of drug-likeness (QED) is 0.674. The summed E-state index contributed by atoms with van der Waals surface area (Å²) in [5.41, 5.74) is 3.22. The van der Waals surface area contributed by atoms with E-state index in [-0.39, 0.29) is 12.5 Å². The number of hydrogen-bond acceptors (Lipinski definition) is 2. The molecule has 0 radical (unpaired) electrons. The highest BCUT2D eigenvalue weighted by molar-refractivity contribution is 9.10. The molecule has 0 aliphatic rings. The number of hydrogen-bond donors (Lipinski definition) is 1. The van der Waals surface area contributed by atoms with E-state index in [2.05, 4.69) is 42.0 Å². The standard InChI is InChI=1S/C20H24BrNO2/c1-4-7-15-10-11-19(17(21)12-15)24-13-20(23)22-18-9-6-5-8-16(18)14(2)3/h5-6,8-12,14H,4,7,13H2,1-3H3,(H,22,23). The van der Waals surface area contributed by atoms with Gasteiger partial charge < -0.3 is 10.1 Å². The third-order valence-corrected chi connectivity index (χ3v) is 4.37. The smallest absolute Gasteiger partial charge is 0.262 e. The predicted molar refractivity (Wildman–Crippen MR) is 103 cm³/mol. The number of aryl methyl sites for hydroxylation is 1. The summed E-state index contributed by atoms with van der Waals surface area (Å²) in [5, 5.41) is 2.93. The monoisotopic (exact) mass is 389 g/mol. The summed E-state index contributed by atoms with van der Waals surface area (Å²) in [5.74, 6) is 0.873. The Morgan fingerprint density at radius 1 is 1.21 bits per heavy atom. The van der Waals surface area contributed by atoms with Crippen LogP contribution in [0.2, 0.25) is 0 Å². The summed E-state index contributed by atoms with van der Waals surface area (Å²) in [6.45, 7) is 6.35. The molecule has 0 aromatic heterocycles. The van der Waals surface area contributed by atoms with Gasteiger partial charge in [-0.25, -0.2) is 0 Å². The Bertz CT molecular complexity index is 698. The first kappa shape index (κ1) is 18.5. The van der Waals surface area contributed by atoms with E-state index in [1.54, 1.807) is 0 Å². The van der Waals surface area contributed by atoms with Crippen LogP contribution in [-0.2, 0) is 11.2 Å². The van der Waals surface area contributed by atoms with Gasteiger partial charge in [0.2, 0.25) is 0 Å². The third-order valence-electron chi connectivity index (χ3n) is 3.75. The van der Waals surface area contributed by atoms with Crippen LogP contribution in [-0.4, -0.2) is 12.5 Å². The van der Waals surface area contributed by atoms with E-state index in [9.17, 15) is 4.79 Å². The molecule has 3 nitrogen and oxygen atoms in total. The van der Waals surface area contributed by atoms with Gasteiger partial charge in [-0.1, -0.05) is 51.5 Å². The number of benzene rings is 2. The van der Waals surface area contributed by atoms with Crippen LogP contribution in [0, 0.1) is 0 Å². The molecule has 4 heteroatoms. The second kappa shape index (κ2) is 8.88. The summed E-state index contributed by atoms with van der Waals surface area (Å²) >= 11 is 3.51. The average molecular weight is 390 g/mol. The first-order valence-corrected chi connectivity index (χ1v) is 9.10. The molecular formula is C20H24BrNO2. The predicted octanol–water partition coefficient (Wildman–Crippen LogP) is 5.54. The lowest BCUT2D eigenvalue weighted by molar-refractivity contribution is -0.118. The Morgan fingerprint density at radius 2 is 1.96 bits per heavy atom. The van der Waals surface area contributed by atoms with Crippen molar-refractivity contribution in [3.63, 3.8) is 0 Å². The highest BCUT2D eigenvalue weighted by Crippen LogP contribution is 2.27. The lowest BCUT2D eigenvalue weighted by atomic mass is 10.0. The van der Waals surface area contributed by atoms with E-state index < -0.39 is 0 Å². The zero-order chi connectivity index (χ0) is 17.5. The zero-order valence-electron chi connectivity index (χ0n) is 14.4. The van der Waals surface area contributed by atoms with Gasteiger partial charge in [-0.05, 0) is 57.6 Å². The maximum Gasteiger partial charge on any atom is 0.262 e. The Balaban J connectivity index is 1.97. The molecule has 0 saturated heterocycles. The molecule has 24 heavy (non-hydrogen) atoms. The number of nitrogens with one attached hydrogen (secondary N) is 1. The molecule has 2 rings (SSSR count). The molecule has 0 aliphatic heterocycles. The molecule has 0 fully saturated rings. The highest BCUT2D eigenvalue weighted by Gasteiger charge is 2.10. The lowest BCUT2D eigenvalue weighted by Gasteiger charge is -2.14. The maximum atomic E-state index is 12.2. The first-order valence-electron chi connectivity index (χ1n) is 8.31. The number of carbonyl (C=O) groups excluding carboxylic acids is 1. The molecule has 0 atom stereocenters. The molecule has 0 saturated carbocycles. The number of rotatable bonds is 7. The minimum absolute atomic E-state index is 0.0157. The van der Waals surface area contributed by atoms with Crippen LogP contribution in [0.5, 0.6) is 5.75 Å². The number of amides is 1. The van der Waals surface area contributed by atoms with Crippen molar-refractivity contribution in [3.05, 3.63) is 58.1 Å². The molecule has 2 aromatic rings.